The summed E-state index contributed by atoms with van der Waals surface area (Å²) in [6.45, 7) is 3.97. The van der Waals surface area contributed by atoms with Gasteiger partial charge in [0.15, 0.2) is 0 Å². The van der Waals surface area contributed by atoms with E-state index in [-0.39, 0.29) is 19.1 Å². The molecule has 0 bridgehead atoms. The highest BCUT2D eigenvalue weighted by molar-refractivity contribution is 7.98. The van der Waals surface area contributed by atoms with Crippen molar-refractivity contribution in [2.75, 3.05) is 35.8 Å². The van der Waals surface area contributed by atoms with Crippen LogP contribution in [0.5, 0.6) is 5.75 Å². The first-order valence-electron chi connectivity index (χ1n) is 13.0. The average Bonchev–Trinajstić information content (AvgIpc) is 2.95. The number of hydrogen-bond acceptors (Lipinski definition) is 7. The Balaban J connectivity index is 1.74. The molecule has 0 heterocycles. The Morgan fingerprint density at radius 3 is 2.42 bits per heavy atom. The number of amides is 2. The standard InChI is InChI=1S/C31H37N3O5S/c1-31(2,19-9-8-14-28(36)34-26-12-6-5-11-25(26)32)29(24-10-4-7-13-27(24)38-21-20-35)39-30(37)33-22-15-17-23(40-3)18-16-22/h4-8,10-18,29,35H,9,19-21,32H2,1-3H3,(H,33,37)(H,34,36)/b14-8+/t29-/m1/s1. The van der Waals surface area contributed by atoms with Crippen LogP contribution in [-0.4, -0.2) is 36.6 Å². The fourth-order valence-corrected chi connectivity index (χ4v) is 4.53. The van der Waals surface area contributed by atoms with Crippen LogP contribution in [0.25, 0.3) is 0 Å². The molecule has 0 spiro atoms. The maximum Gasteiger partial charge on any atom is 0.412 e. The molecule has 8 nitrogen and oxygen atoms in total. The highest BCUT2D eigenvalue weighted by atomic mass is 32.2. The van der Waals surface area contributed by atoms with Gasteiger partial charge in [-0.1, -0.05) is 50.3 Å². The third kappa shape index (κ3) is 9.07. The summed E-state index contributed by atoms with van der Waals surface area (Å²) in [5.74, 6) is 0.250. The second-order valence-electron chi connectivity index (χ2n) is 9.75. The monoisotopic (exact) mass is 563 g/mol. The molecular weight excluding hydrogens is 526 g/mol. The Morgan fingerprint density at radius 2 is 1.73 bits per heavy atom. The topological polar surface area (TPSA) is 123 Å². The normalized spacial score (nSPS) is 12.1. The van der Waals surface area contributed by atoms with Crippen molar-refractivity contribution in [3.63, 3.8) is 0 Å². The van der Waals surface area contributed by atoms with Gasteiger partial charge in [-0.15, -0.1) is 11.8 Å². The fourth-order valence-electron chi connectivity index (χ4n) is 4.12. The number of aliphatic hydroxyl groups is 1. The van der Waals surface area contributed by atoms with Gasteiger partial charge in [0.1, 0.15) is 18.5 Å². The number of rotatable bonds is 13. The molecule has 0 saturated heterocycles. The molecule has 9 heteroatoms. The lowest BCUT2D eigenvalue weighted by atomic mass is 9.78. The first-order chi connectivity index (χ1) is 19.2. The number of para-hydroxylation sites is 3. The van der Waals surface area contributed by atoms with Gasteiger partial charge >= 0.3 is 6.09 Å². The summed E-state index contributed by atoms with van der Waals surface area (Å²) in [5.41, 5.74) is 7.71. The Morgan fingerprint density at radius 1 is 1.02 bits per heavy atom. The highest BCUT2D eigenvalue weighted by Gasteiger charge is 2.35. The number of ether oxygens (including phenoxy) is 2. The van der Waals surface area contributed by atoms with Crippen molar-refractivity contribution in [3.8, 4) is 5.75 Å². The van der Waals surface area contributed by atoms with Crippen molar-refractivity contribution in [2.45, 2.75) is 37.7 Å². The van der Waals surface area contributed by atoms with E-state index in [9.17, 15) is 14.7 Å². The molecule has 5 N–H and O–H groups in total. The SMILES string of the molecule is CSc1ccc(NC(=O)O[C@H](c2ccccc2OCCO)C(C)(C)CC/C=C/C(=O)Nc2ccccc2N)cc1. The molecule has 0 unspecified atom stereocenters. The summed E-state index contributed by atoms with van der Waals surface area (Å²) in [7, 11) is 0. The van der Waals surface area contributed by atoms with Gasteiger partial charge in [0.05, 0.1) is 18.0 Å². The molecule has 1 atom stereocenters. The summed E-state index contributed by atoms with van der Waals surface area (Å²) in [5, 5.41) is 14.9. The summed E-state index contributed by atoms with van der Waals surface area (Å²) in [4.78, 5) is 26.5. The first-order valence-corrected chi connectivity index (χ1v) is 14.2. The highest BCUT2D eigenvalue weighted by Crippen LogP contribution is 2.44. The number of hydrogen-bond donors (Lipinski definition) is 4. The Kier molecular flexibility index (Phi) is 11.5. The number of aliphatic hydroxyl groups excluding tert-OH is 1. The smallest absolute Gasteiger partial charge is 0.412 e. The summed E-state index contributed by atoms with van der Waals surface area (Å²) >= 11 is 1.62. The minimum absolute atomic E-state index is 0.113. The lowest BCUT2D eigenvalue weighted by Crippen LogP contribution is -2.29. The van der Waals surface area contributed by atoms with E-state index < -0.39 is 17.6 Å². The van der Waals surface area contributed by atoms with E-state index in [1.807, 2.05) is 62.6 Å². The molecule has 0 radical (unpaired) electrons. The molecular formula is C31H37N3O5S. The number of allylic oxidation sites excluding steroid dienone is 1. The van der Waals surface area contributed by atoms with E-state index in [1.54, 1.807) is 48.2 Å². The van der Waals surface area contributed by atoms with E-state index in [0.29, 0.717) is 41.2 Å². The second kappa shape index (κ2) is 15.0. The van der Waals surface area contributed by atoms with Crippen LogP contribution >= 0.6 is 11.8 Å². The lowest BCUT2D eigenvalue weighted by Gasteiger charge is -2.35. The lowest BCUT2D eigenvalue weighted by molar-refractivity contribution is -0.111. The van der Waals surface area contributed by atoms with Crippen LogP contribution in [0, 0.1) is 5.41 Å². The van der Waals surface area contributed by atoms with Gasteiger partial charge in [0, 0.05) is 21.6 Å². The maximum absolute atomic E-state index is 13.0. The second-order valence-corrected chi connectivity index (χ2v) is 10.6. The van der Waals surface area contributed by atoms with Gasteiger partial charge in [0.25, 0.3) is 0 Å². The molecule has 0 aliphatic rings. The summed E-state index contributed by atoms with van der Waals surface area (Å²) in [6, 6.07) is 21.9. The number of thioether (sulfide) groups is 1. The minimum Gasteiger partial charge on any atom is -0.491 e. The molecule has 212 valence electrons. The van der Waals surface area contributed by atoms with Crippen molar-refractivity contribution < 1.29 is 24.2 Å². The van der Waals surface area contributed by atoms with Crippen LogP contribution in [-0.2, 0) is 9.53 Å². The number of nitrogens with one attached hydrogen (secondary N) is 2. The zero-order valence-corrected chi connectivity index (χ0v) is 23.9. The number of nitrogen functional groups attached to an aromatic ring is 1. The number of benzene rings is 3. The van der Waals surface area contributed by atoms with Crippen LogP contribution in [0.15, 0.2) is 89.8 Å². The molecule has 3 aromatic carbocycles. The van der Waals surface area contributed by atoms with Crippen molar-refractivity contribution in [1.29, 1.82) is 0 Å². The van der Waals surface area contributed by atoms with Crippen molar-refractivity contribution in [1.82, 2.24) is 0 Å². The third-order valence-electron chi connectivity index (χ3n) is 6.26. The van der Waals surface area contributed by atoms with Gasteiger partial charge < -0.3 is 25.6 Å². The number of carbonyl (C=O) groups is 2. The Hall–Kier alpha value is -3.95. The maximum atomic E-state index is 13.0. The van der Waals surface area contributed by atoms with Crippen molar-refractivity contribution in [2.24, 2.45) is 5.41 Å². The number of anilines is 3. The summed E-state index contributed by atoms with van der Waals surface area (Å²) in [6.07, 6.45) is 5.12. The van der Waals surface area contributed by atoms with Gasteiger partial charge in [-0.3, -0.25) is 10.1 Å². The minimum atomic E-state index is -0.681. The van der Waals surface area contributed by atoms with Crippen LogP contribution in [0.4, 0.5) is 21.9 Å². The van der Waals surface area contributed by atoms with Crippen LogP contribution in [0.2, 0.25) is 0 Å². The molecule has 0 aromatic heterocycles. The molecule has 0 fully saturated rings. The van der Waals surface area contributed by atoms with E-state index in [4.69, 9.17) is 15.2 Å². The van der Waals surface area contributed by atoms with Crippen molar-refractivity contribution in [3.05, 3.63) is 90.5 Å². The van der Waals surface area contributed by atoms with Gasteiger partial charge in [-0.2, -0.15) is 0 Å². The molecule has 2 amide bonds. The van der Waals surface area contributed by atoms with Gasteiger partial charge in [-0.25, -0.2) is 4.79 Å². The molecule has 0 aliphatic heterocycles. The van der Waals surface area contributed by atoms with E-state index >= 15 is 0 Å². The van der Waals surface area contributed by atoms with E-state index in [2.05, 4.69) is 10.6 Å². The Labute approximate surface area is 240 Å². The number of nitrogens with two attached hydrogens (primary N) is 1. The van der Waals surface area contributed by atoms with Crippen LogP contribution in [0.1, 0.15) is 38.4 Å². The molecule has 0 aliphatic carbocycles. The fraction of sp³-hybridized carbons (Fsp3) is 0.290. The van der Waals surface area contributed by atoms with Gasteiger partial charge in [0.2, 0.25) is 5.91 Å². The molecule has 3 rings (SSSR count). The quantitative estimate of drug-likeness (QED) is 0.104. The first kappa shape index (κ1) is 30.6. The molecule has 0 saturated carbocycles. The summed E-state index contributed by atoms with van der Waals surface area (Å²) < 4.78 is 11.8. The van der Waals surface area contributed by atoms with Crippen molar-refractivity contribution >= 4 is 40.8 Å². The van der Waals surface area contributed by atoms with Crippen LogP contribution in [0.3, 0.4) is 0 Å². The number of carbonyl (C=O) groups excluding carboxylic acids is 2. The van der Waals surface area contributed by atoms with E-state index in [1.165, 1.54) is 6.08 Å². The zero-order valence-electron chi connectivity index (χ0n) is 23.1. The predicted octanol–water partition coefficient (Wildman–Crippen LogP) is 6.65. The third-order valence-corrected chi connectivity index (χ3v) is 7.01. The van der Waals surface area contributed by atoms with Crippen LogP contribution < -0.4 is 21.1 Å². The molecule has 40 heavy (non-hydrogen) atoms. The largest absolute Gasteiger partial charge is 0.491 e. The average molecular weight is 564 g/mol. The zero-order chi connectivity index (χ0) is 29.0. The predicted molar refractivity (Wildman–Crippen MR) is 162 cm³/mol. The Bertz CT molecular complexity index is 1290. The molecule has 3 aromatic rings. The van der Waals surface area contributed by atoms with E-state index in [0.717, 1.165) is 4.90 Å². The van der Waals surface area contributed by atoms with Gasteiger partial charge in [-0.05, 0) is 67.6 Å².